The average molecular weight is 474 g/mol. The molecule has 1 aromatic carbocycles. The number of methoxy groups -OCH3 is 1. The van der Waals surface area contributed by atoms with Crippen molar-refractivity contribution in [2.75, 3.05) is 20.7 Å². The van der Waals surface area contributed by atoms with Gasteiger partial charge in [-0.1, -0.05) is 12.1 Å². The maximum Gasteiger partial charge on any atom is 0.212 e. The summed E-state index contributed by atoms with van der Waals surface area (Å²) < 4.78 is 23.9. The van der Waals surface area contributed by atoms with Gasteiger partial charge in [0.05, 0.1) is 13.7 Å². The van der Waals surface area contributed by atoms with Crippen molar-refractivity contribution in [2.24, 2.45) is 4.99 Å². The maximum absolute atomic E-state index is 13.2. The van der Waals surface area contributed by atoms with Crippen molar-refractivity contribution >= 4 is 29.9 Å². The molecule has 142 valence electrons. The monoisotopic (exact) mass is 474 g/mol. The Kier molecular flexibility index (Phi) is 9.71. The van der Waals surface area contributed by atoms with E-state index in [1.165, 1.54) is 12.1 Å². The molecule has 0 spiro atoms. The number of ether oxygens (including phenoxy) is 2. The Morgan fingerprint density at radius 2 is 2.08 bits per heavy atom. The lowest BCUT2D eigenvalue weighted by atomic mass is 10.3. The van der Waals surface area contributed by atoms with E-state index in [0.29, 0.717) is 30.7 Å². The minimum absolute atomic E-state index is 0. The van der Waals surface area contributed by atoms with E-state index in [1.807, 2.05) is 19.1 Å². The summed E-state index contributed by atoms with van der Waals surface area (Å²) in [7, 11) is 3.28. The molecule has 2 rings (SSSR count). The zero-order valence-corrected chi connectivity index (χ0v) is 17.4. The van der Waals surface area contributed by atoms with Crippen molar-refractivity contribution < 1.29 is 13.9 Å². The molecule has 6 nitrogen and oxygen atoms in total. The summed E-state index contributed by atoms with van der Waals surface area (Å²) in [5.41, 5.74) is 1.01. The fourth-order valence-corrected chi connectivity index (χ4v) is 2.10. The normalized spacial score (nSPS) is 11.9. The Labute approximate surface area is 170 Å². The first-order valence-corrected chi connectivity index (χ1v) is 7.96. The largest absolute Gasteiger partial charge is 0.489 e. The van der Waals surface area contributed by atoms with Crippen LogP contribution in [0.5, 0.6) is 11.6 Å². The number of guanidine groups is 1. The van der Waals surface area contributed by atoms with E-state index in [9.17, 15) is 4.39 Å². The molecule has 1 aromatic heterocycles. The number of hydrogen-bond donors (Lipinski definition) is 2. The molecule has 0 aliphatic carbocycles. The minimum atomic E-state index is -0.316. The van der Waals surface area contributed by atoms with Gasteiger partial charge in [0.2, 0.25) is 5.88 Å². The van der Waals surface area contributed by atoms with Gasteiger partial charge >= 0.3 is 0 Å². The van der Waals surface area contributed by atoms with Gasteiger partial charge in [0.15, 0.2) is 5.96 Å². The van der Waals surface area contributed by atoms with Crippen LogP contribution in [-0.2, 0) is 6.54 Å². The molecular formula is C18H24FIN4O2. The SMILES string of the molecule is CN=C(NCc1ccc(OC)nc1)NCC(C)Oc1cccc(F)c1.I. The zero-order chi connectivity index (χ0) is 18.1. The number of nitrogens with zero attached hydrogens (tertiary/aromatic N) is 2. The Morgan fingerprint density at radius 1 is 1.27 bits per heavy atom. The van der Waals surface area contributed by atoms with Crippen LogP contribution in [-0.4, -0.2) is 37.7 Å². The van der Waals surface area contributed by atoms with Crippen LogP contribution in [0.1, 0.15) is 12.5 Å². The number of hydrogen-bond acceptors (Lipinski definition) is 4. The summed E-state index contributed by atoms with van der Waals surface area (Å²) in [4.78, 5) is 8.32. The Hall–Kier alpha value is -2.10. The van der Waals surface area contributed by atoms with Crippen LogP contribution in [0.15, 0.2) is 47.6 Å². The van der Waals surface area contributed by atoms with Gasteiger partial charge in [-0.05, 0) is 24.6 Å². The summed E-state index contributed by atoms with van der Waals surface area (Å²) in [5.74, 6) is 1.41. The molecule has 0 aliphatic heterocycles. The second-order valence-electron chi connectivity index (χ2n) is 5.40. The molecule has 0 saturated heterocycles. The Bertz CT molecular complexity index is 698. The molecule has 0 amide bonds. The molecule has 0 saturated carbocycles. The number of aromatic nitrogens is 1. The molecule has 2 N–H and O–H groups in total. The number of rotatable bonds is 7. The highest BCUT2D eigenvalue weighted by Gasteiger charge is 2.06. The number of halogens is 2. The summed E-state index contributed by atoms with van der Waals surface area (Å²) in [6, 6.07) is 9.83. The van der Waals surface area contributed by atoms with E-state index in [4.69, 9.17) is 9.47 Å². The molecule has 26 heavy (non-hydrogen) atoms. The van der Waals surface area contributed by atoms with E-state index < -0.39 is 0 Å². The van der Waals surface area contributed by atoms with Crippen LogP contribution < -0.4 is 20.1 Å². The van der Waals surface area contributed by atoms with Crippen molar-refractivity contribution in [3.8, 4) is 11.6 Å². The fourth-order valence-electron chi connectivity index (χ4n) is 2.10. The van der Waals surface area contributed by atoms with Gasteiger partial charge in [0.1, 0.15) is 17.7 Å². The van der Waals surface area contributed by atoms with Crippen molar-refractivity contribution in [3.05, 3.63) is 54.0 Å². The first-order valence-electron chi connectivity index (χ1n) is 7.96. The standard InChI is InChI=1S/C18H23FN4O2.HI/c1-13(25-16-6-4-5-15(19)9-16)10-22-18(20-2)23-12-14-7-8-17(24-3)21-11-14;/h4-9,11,13H,10,12H2,1-3H3,(H2,20,22,23);1H. The van der Waals surface area contributed by atoms with Crippen molar-refractivity contribution in [2.45, 2.75) is 19.6 Å². The molecule has 1 heterocycles. The molecule has 1 unspecified atom stereocenters. The van der Waals surface area contributed by atoms with E-state index in [1.54, 1.807) is 32.5 Å². The quantitative estimate of drug-likeness (QED) is 0.367. The molecular weight excluding hydrogens is 450 g/mol. The second-order valence-corrected chi connectivity index (χ2v) is 5.40. The summed E-state index contributed by atoms with van der Waals surface area (Å²) >= 11 is 0. The molecule has 2 aromatic rings. The van der Waals surface area contributed by atoms with Crippen LogP contribution in [0, 0.1) is 5.82 Å². The highest BCUT2D eigenvalue weighted by Crippen LogP contribution is 2.13. The first-order chi connectivity index (χ1) is 12.1. The lowest BCUT2D eigenvalue weighted by molar-refractivity contribution is 0.223. The van der Waals surface area contributed by atoms with E-state index >= 15 is 0 Å². The fraction of sp³-hybridized carbons (Fsp3) is 0.333. The van der Waals surface area contributed by atoms with Gasteiger partial charge < -0.3 is 20.1 Å². The molecule has 0 fully saturated rings. The van der Waals surface area contributed by atoms with Crippen molar-refractivity contribution in [3.63, 3.8) is 0 Å². The summed E-state index contributed by atoms with van der Waals surface area (Å²) in [6.07, 6.45) is 1.59. The van der Waals surface area contributed by atoms with Crippen LogP contribution in [0.4, 0.5) is 4.39 Å². The third-order valence-electron chi connectivity index (χ3n) is 3.38. The molecule has 1 atom stereocenters. The zero-order valence-electron chi connectivity index (χ0n) is 15.0. The number of pyridine rings is 1. The highest BCUT2D eigenvalue weighted by molar-refractivity contribution is 14.0. The van der Waals surface area contributed by atoms with Gasteiger partial charge in [-0.15, -0.1) is 24.0 Å². The predicted molar refractivity (Wildman–Crippen MR) is 111 cm³/mol. The molecule has 0 radical (unpaired) electrons. The number of nitrogens with one attached hydrogen (secondary N) is 2. The average Bonchev–Trinajstić information content (AvgIpc) is 2.62. The van der Waals surface area contributed by atoms with Crippen LogP contribution in [0.3, 0.4) is 0 Å². The Morgan fingerprint density at radius 3 is 2.69 bits per heavy atom. The maximum atomic E-state index is 13.2. The topological polar surface area (TPSA) is 67.8 Å². The first kappa shape index (κ1) is 21.9. The van der Waals surface area contributed by atoms with E-state index in [-0.39, 0.29) is 35.9 Å². The van der Waals surface area contributed by atoms with Gasteiger partial charge in [-0.3, -0.25) is 4.99 Å². The smallest absolute Gasteiger partial charge is 0.212 e. The van der Waals surface area contributed by atoms with Crippen molar-refractivity contribution in [1.29, 1.82) is 0 Å². The number of aliphatic imine (C=N–C) groups is 1. The summed E-state index contributed by atoms with van der Waals surface area (Å²) in [5, 5.41) is 6.37. The Balaban J connectivity index is 0.00000338. The van der Waals surface area contributed by atoms with Crippen LogP contribution in [0.2, 0.25) is 0 Å². The van der Waals surface area contributed by atoms with Crippen LogP contribution >= 0.6 is 24.0 Å². The summed E-state index contributed by atoms with van der Waals surface area (Å²) in [6.45, 7) is 3.01. The lowest BCUT2D eigenvalue weighted by Crippen LogP contribution is -2.41. The van der Waals surface area contributed by atoms with Crippen molar-refractivity contribution in [1.82, 2.24) is 15.6 Å². The third kappa shape index (κ3) is 7.42. The van der Waals surface area contributed by atoms with Gasteiger partial charge in [0, 0.05) is 31.9 Å². The minimum Gasteiger partial charge on any atom is -0.489 e. The molecule has 0 aliphatic rings. The second kappa shape index (κ2) is 11.5. The highest BCUT2D eigenvalue weighted by atomic mass is 127. The number of benzene rings is 1. The van der Waals surface area contributed by atoms with E-state index in [2.05, 4.69) is 20.6 Å². The van der Waals surface area contributed by atoms with Gasteiger partial charge in [0.25, 0.3) is 0 Å². The van der Waals surface area contributed by atoms with E-state index in [0.717, 1.165) is 5.56 Å². The predicted octanol–water partition coefficient (Wildman–Crippen LogP) is 2.98. The van der Waals surface area contributed by atoms with Gasteiger partial charge in [-0.25, -0.2) is 9.37 Å². The van der Waals surface area contributed by atoms with Crippen LogP contribution in [0.25, 0.3) is 0 Å². The lowest BCUT2D eigenvalue weighted by Gasteiger charge is -2.17. The third-order valence-corrected chi connectivity index (χ3v) is 3.38. The molecule has 8 heteroatoms. The van der Waals surface area contributed by atoms with Gasteiger partial charge in [-0.2, -0.15) is 0 Å². The molecule has 0 bridgehead atoms.